The molecule has 0 aromatic heterocycles. The first kappa shape index (κ1) is 15.2. The monoisotopic (exact) mass is 312 g/mol. The molecule has 2 N–H and O–H groups in total. The Morgan fingerprint density at radius 3 is 2.39 bits per heavy atom. The van der Waals surface area contributed by atoms with Crippen LogP contribution in [0.2, 0.25) is 0 Å². The van der Waals surface area contributed by atoms with Gasteiger partial charge in [0.15, 0.2) is 0 Å². The Balaban J connectivity index is 1.58. The molecule has 1 aliphatic carbocycles. The van der Waals surface area contributed by atoms with Gasteiger partial charge in [0.25, 0.3) is 5.91 Å². The summed E-state index contributed by atoms with van der Waals surface area (Å²) >= 11 is 0. The van der Waals surface area contributed by atoms with Crippen LogP contribution in [0.5, 0.6) is 0 Å². The highest BCUT2D eigenvalue weighted by Crippen LogP contribution is 2.19. The molecule has 1 fully saturated rings. The van der Waals surface area contributed by atoms with Crippen LogP contribution in [0.3, 0.4) is 0 Å². The van der Waals surface area contributed by atoms with Crippen molar-refractivity contribution >= 4 is 17.5 Å². The normalized spacial score (nSPS) is 13.4. The zero-order valence-corrected chi connectivity index (χ0v) is 12.5. The lowest BCUT2D eigenvalue weighted by Gasteiger charge is -2.07. The molecule has 118 valence electrons. The molecule has 2 aromatic rings. The van der Waals surface area contributed by atoms with Crippen molar-refractivity contribution in [1.82, 2.24) is 5.32 Å². The molecule has 5 heteroatoms. The number of hydrogen-bond donors (Lipinski definition) is 2. The average molecular weight is 312 g/mol. The lowest BCUT2D eigenvalue weighted by Crippen LogP contribution is -2.25. The van der Waals surface area contributed by atoms with Crippen LogP contribution in [-0.2, 0) is 11.2 Å². The first-order chi connectivity index (χ1) is 11.1. The number of nitrogens with one attached hydrogen (secondary N) is 2. The van der Waals surface area contributed by atoms with E-state index in [-0.39, 0.29) is 18.2 Å². The molecule has 0 atom stereocenters. The fourth-order valence-electron chi connectivity index (χ4n) is 2.22. The Morgan fingerprint density at radius 2 is 1.74 bits per heavy atom. The first-order valence-corrected chi connectivity index (χ1v) is 7.56. The Kier molecular flexibility index (Phi) is 4.37. The van der Waals surface area contributed by atoms with Gasteiger partial charge in [0, 0.05) is 17.3 Å². The average Bonchev–Trinajstić information content (AvgIpc) is 3.34. The lowest BCUT2D eigenvalue weighted by atomic mass is 10.1. The van der Waals surface area contributed by atoms with Gasteiger partial charge < -0.3 is 10.6 Å². The predicted molar refractivity (Wildman–Crippen MR) is 85.7 cm³/mol. The summed E-state index contributed by atoms with van der Waals surface area (Å²) in [5.74, 6) is -0.795. The molecule has 0 heterocycles. The van der Waals surface area contributed by atoms with Crippen molar-refractivity contribution in [2.75, 3.05) is 5.32 Å². The second-order valence-corrected chi connectivity index (χ2v) is 5.64. The van der Waals surface area contributed by atoms with Gasteiger partial charge in [-0.2, -0.15) is 0 Å². The van der Waals surface area contributed by atoms with E-state index in [1.165, 1.54) is 6.07 Å². The highest BCUT2D eigenvalue weighted by Gasteiger charge is 2.23. The smallest absolute Gasteiger partial charge is 0.251 e. The van der Waals surface area contributed by atoms with E-state index in [0.717, 1.165) is 12.8 Å². The number of halogens is 1. The zero-order chi connectivity index (χ0) is 16.2. The molecule has 0 bridgehead atoms. The predicted octanol–water partition coefficient (Wildman–Crippen LogP) is 2.90. The van der Waals surface area contributed by atoms with Crippen LogP contribution in [0.25, 0.3) is 0 Å². The van der Waals surface area contributed by atoms with Gasteiger partial charge in [-0.15, -0.1) is 0 Å². The Morgan fingerprint density at radius 1 is 1.04 bits per heavy atom. The highest BCUT2D eigenvalue weighted by atomic mass is 19.1. The van der Waals surface area contributed by atoms with Crippen molar-refractivity contribution in [3.63, 3.8) is 0 Å². The molecule has 3 rings (SSSR count). The van der Waals surface area contributed by atoms with Crippen LogP contribution < -0.4 is 10.6 Å². The lowest BCUT2D eigenvalue weighted by molar-refractivity contribution is -0.115. The summed E-state index contributed by atoms with van der Waals surface area (Å²) < 4.78 is 13.5. The summed E-state index contributed by atoms with van der Waals surface area (Å²) in [6, 6.07) is 13.2. The van der Waals surface area contributed by atoms with E-state index >= 15 is 0 Å². The molecule has 0 spiro atoms. The minimum absolute atomic E-state index is 0.0312. The zero-order valence-electron chi connectivity index (χ0n) is 12.5. The van der Waals surface area contributed by atoms with Crippen molar-refractivity contribution in [2.24, 2.45) is 0 Å². The Bertz CT molecular complexity index is 724. The van der Waals surface area contributed by atoms with Crippen LogP contribution in [0.15, 0.2) is 48.5 Å². The van der Waals surface area contributed by atoms with Crippen molar-refractivity contribution in [3.05, 3.63) is 65.5 Å². The molecule has 4 nitrogen and oxygen atoms in total. The maximum Gasteiger partial charge on any atom is 0.251 e. The minimum Gasteiger partial charge on any atom is -0.349 e. The van der Waals surface area contributed by atoms with Gasteiger partial charge in [0.2, 0.25) is 5.91 Å². The standard InChI is InChI=1S/C18H17FN2O2/c19-16-4-2-1-3-13(16)11-17(22)20-14-7-5-12(6-8-14)18(23)21-15-9-10-15/h1-8,15H,9-11H2,(H,20,22)(H,21,23). The molecule has 23 heavy (non-hydrogen) atoms. The molecule has 1 saturated carbocycles. The summed E-state index contributed by atoms with van der Waals surface area (Å²) in [6.45, 7) is 0. The topological polar surface area (TPSA) is 58.2 Å². The quantitative estimate of drug-likeness (QED) is 0.892. The SMILES string of the molecule is O=C(Cc1ccccc1F)Nc1ccc(C(=O)NC2CC2)cc1. The third-order valence-corrected chi connectivity index (χ3v) is 3.65. The maximum atomic E-state index is 13.5. The van der Waals surface area contributed by atoms with Crippen molar-refractivity contribution in [1.29, 1.82) is 0 Å². The number of rotatable bonds is 5. The van der Waals surface area contributed by atoms with Gasteiger partial charge in [-0.05, 0) is 48.7 Å². The summed E-state index contributed by atoms with van der Waals surface area (Å²) in [5, 5.41) is 5.60. The van der Waals surface area contributed by atoms with E-state index in [2.05, 4.69) is 10.6 Å². The van der Waals surface area contributed by atoms with Gasteiger partial charge in [-0.1, -0.05) is 18.2 Å². The van der Waals surface area contributed by atoms with Crippen molar-refractivity contribution < 1.29 is 14.0 Å². The van der Waals surface area contributed by atoms with Crippen LogP contribution in [0.4, 0.5) is 10.1 Å². The summed E-state index contributed by atoms with van der Waals surface area (Å²) in [4.78, 5) is 23.8. The number of carbonyl (C=O) groups excluding carboxylic acids is 2. The van der Waals surface area contributed by atoms with Crippen LogP contribution in [-0.4, -0.2) is 17.9 Å². The molecule has 0 unspecified atom stereocenters. The van der Waals surface area contributed by atoms with Gasteiger partial charge in [0.05, 0.1) is 6.42 Å². The second kappa shape index (κ2) is 6.60. The van der Waals surface area contributed by atoms with E-state index in [1.54, 1.807) is 42.5 Å². The fraction of sp³-hybridized carbons (Fsp3) is 0.222. The number of hydrogen-bond acceptors (Lipinski definition) is 2. The maximum absolute atomic E-state index is 13.5. The van der Waals surface area contributed by atoms with Gasteiger partial charge in [-0.25, -0.2) is 4.39 Å². The molecule has 0 radical (unpaired) electrons. The number of anilines is 1. The third-order valence-electron chi connectivity index (χ3n) is 3.65. The molecule has 0 saturated heterocycles. The molecular formula is C18H17FN2O2. The van der Waals surface area contributed by atoms with E-state index < -0.39 is 5.82 Å². The molecule has 1 aliphatic rings. The van der Waals surface area contributed by atoms with E-state index in [4.69, 9.17) is 0 Å². The number of benzene rings is 2. The first-order valence-electron chi connectivity index (χ1n) is 7.56. The molecule has 0 aliphatic heterocycles. The van der Waals surface area contributed by atoms with Gasteiger partial charge in [-0.3, -0.25) is 9.59 Å². The van der Waals surface area contributed by atoms with Crippen LogP contribution >= 0.6 is 0 Å². The second-order valence-electron chi connectivity index (χ2n) is 5.64. The van der Waals surface area contributed by atoms with E-state index in [9.17, 15) is 14.0 Å². The Labute approximate surface area is 133 Å². The van der Waals surface area contributed by atoms with Crippen molar-refractivity contribution in [3.8, 4) is 0 Å². The summed E-state index contributed by atoms with van der Waals surface area (Å²) in [6.07, 6.45) is 2.04. The highest BCUT2D eigenvalue weighted by molar-refractivity contribution is 5.96. The van der Waals surface area contributed by atoms with Crippen LogP contribution in [0, 0.1) is 5.82 Å². The summed E-state index contributed by atoms with van der Waals surface area (Å²) in [7, 11) is 0. The molecular weight excluding hydrogens is 295 g/mol. The van der Waals surface area contributed by atoms with Crippen LogP contribution in [0.1, 0.15) is 28.8 Å². The van der Waals surface area contributed by atoms with Crippen molar-refractivity contribution in [2.45, 2.75) is 25.3 Å². The summed E-state index contributed by atoms with van der Waals surface area (Å²) in [5.41, 5.74) is 1.49. The fourth-order valence-corrected chi connectivity index (χ4v) is 2.22. The minimum atomic E-state index is -0.394. The number of carbonyl (C=O) groups is 2. The Hall–Kier alpha value is -2.69. The van der Waals surface area contributed by atoms with Gasteiger partial charge >= 0.3 is 0 Å². The largest absolute Gasteiger partial charge is 0.349 e. The molecule has 2 amide bonds. The van der Waals surface area contributed by atoms with Gasteiger partial charge in [0.1, 0.15) is 5.82 Å². The molecule has 2 aromatic carbocycles. The number of amides is 2. The van der Waals surface area contributed by atoms with E-state index in [1.807, 2.05) is 0 Å². The third kappa shape index (κ3) is 4.16. The van der Waals surface area contributed by atoms with E-state index in [0.29, 0.717) is 22.9 Å².